The number of piperazine rings is 1. The molecule has 1 aliphatic heterocycles. The van der Waals surface area contributed by atoms with Gasteiger partial charge in [-0.2, -0.15) is 15.6 Å². The van der Waals surface area contributed by atoms with Crippen molar-refractivity contribution in [3.05, 3.63) is 56.2 Å². The molecule has 0 saturated carbocycles. The molecular formula is C19H20N4O5S3. The Morgan fingerprint density at radius 1 is 1.19 bits per heavy atom. The lowest BCUT2D eigenvalue weighted by Gasteiger charge is -2.33. The quantitative estimate of drug-likeness (QED) is 0.377. The zero-order valence-electron chi connectivity index (χ0n) is 16.6. The number of nitro benzene ring substituents is 1. The second kappa shape index (κ2) is 9.01. The van der Waals surface area contributed by atoms with Gasteiger partial charge in [-0.25, -0.2) is 13.4 Å². The summed E-state index contributed by atoms with van der Waals surface area (Å²) in [4.78, 5) is 17.3. The highest BCUT2D eigenvalue weighted by Crippen LogP contribution is 2.31. The van der Waals surface area contributed by atoms with E-state index in [4.69, 9.17) is 4.74 Å². The van der Waals surface area contributed by atoms with E-state index in [0.717, 1.165) is 22.3 Å². The molecular weight excluding hydrogens is 460 g/mol. The summed E-state index contributed by atoms with van der Waals surface area (Å²) < 4.78 is 32.3. The fraction of sp³-hybridized carbons (Fsp3) is 0.316. The summed E-state index contributed by atoms with van der Waals surface area (Å²) in [6.07, 6.45) is 0. The second-order valence-electron chi connectivity index (χ2n) is 6.93. The molecule has 3 aromatic rings. The van der Waals surface area contributed by atoms with Gasteiger partial charge in [-0.15, -0.1) is 11.3 Å². The van der Waals surface area contributed by atoms with Crippen molar-refractivity contribution >= 4 is 38.4 Å². The Kier molecular flexibility index (Phi) is 6.34. The van der Waals surface area contributed by atoms with Crippen molar-refractivity contribution in [2.45, 2.75) is 11.4 Å². The molecule has 0 unspecified atom stereocenters. The molecule has 4 rings (SSSR count). The van der Waals surface area contributed by atoms with Crippen LogP contribution >= 0.6 is 22.7 Å². The average molecular weight is 481 g/mol. The van der Waals surface area contributed by atoms with Gasteiger partial charge in [0.15, 0.2) is 5.75 Å². The first-order chi connectivity index (χ1) is 14.9. The molecule has 0 radical (unpaired) electrons. The van der Waals surface area contributed by atoms with Crippen molar-refractivity contribution in [2.24, 2.45) is 0 Å². The maximum absolute atomic E-state index is 13.0. The molecule has 31 heavy (non-hydrogen) atoms. The molecule has 1 aromatic carbocycles. The van der Waals surface area contributed by atoms with Crippen molar-refractivity contribution in [3.63, 3.8) is 0 Å². The van der Waals surface area contributed by atoms with E-state index in [9.17, 15) is 18.5 Å². The maximum atomic E-state index is 13.0. The predicted molar refractivity (Wildman–Crippen MR) is 119 cm³/mol. The van der Waals surface area contributed by atoms with Gasteiger partial charge in [0, 0.05) is 55.1 Å². The SMILES string of the molecule is COc1ccc(S(=O)(=O)N2CCN(Cc3csc(-c4ccsc4)n3)CC2)cc1[N+](=O)[O-]. The molecule has 0 atom stereocenters. The van der Waals surface area contributed by atoms with Gasteiger partial charge in [-0.1, -0.05) is 0 Å². The van der Waals surface area contributed by atoms with Gasteiger partial charge >= 0.3 is 5.69 Å². The first-order valence-electron chi connectivity index (χ1n) is 9.40. The number of hydrogen-bond donors (Lipinski definition) is 0. The summed E-state index contributed by atoms with van der Waals surface area (Å²) in [6.45, 7) is 2.39. The van der Waals surface area contributed by atoms with Gasteiger partial charge in [0.05, 0.1) is 22.6 Å². The van der Waals surface area contributed by atoms with E-state index in [1.807, 2.05) is 16.8 Å². The van der Waals surface area contributed by atoms with Crippen molar-refractivity contribution < 1.29 is 18.1 Å². The second-order valence-corrected chi connectivity index (χ2v) is 10.5. The number of hydrogen-bond acceptors (Lipinski definition) is 9. The van der Waals surface area contributed by atoms with Gasteiger partial charge in [-0.05, 0) is 23.6 Å². The van der Waals surface area contributed by atoms with Gasteiger partial charge < -0.3 is 4.74 Å². The predicted octanol–water partition coefficient (Wildman–Crippen LogP) is 3.29. The molecule has 0 bridgehead atoms. The smallest absolute Gasteiger partial charge is 0.312 e. The molecule has 1 fully saturated rings. The summed E-state index contributed by atoms with van der Waals surface area (Å²) >= 11 is 3.24. The molecule has 164 valence electrons. The number of nitrogens with zero attached hydrogens (tertiary/aromatic N) is 4. The highest BCUT2D eigenvalue weighted by atomic mass is 32.2. The summed E-state index contributed by atoms with van der Waals surface area (Å²) in [5.41, 5.74) is 1.71. The summed E-state index contributed by atoms with van der Waals surface area (Å²) in [6, 6.07) is 5.76. The molecule has 0 aliphatic carbocycles. The minimum absolute atomic E-state index is 0.0267. The van der Waals surface area contributed by atoms with E-state index in [2.05, 4.69) is 15.3 Å². The van der Waals surface area contributed by atoms with Crippen LogP contribution in [0.15, 0.2) is 45.3 Å². The van der Waals surface area contributed by atoms with E-state index < -0.39 is 14.9 Å². The average Bonchev–Trinajstić information content (AvgIpc) is 3.45. The summed E-state index contributed by atoms with van der Waals surface area (Å²) in [7, 11) is -2.52. The zero-order valence-corrected chi connectivity index (χ0v) is 19.1. The first kappa shape index (κ1) is 21.8. The number of thiazole rings is 1. The number of thiophene rings is 1. The van der Waals surface area contributed by atoms with Crippen LogP contribution in [0.4, 0.5) is 5.69 Å². The molecule has 9 nitrogen and oxygen atoms in total. The molecule has 1 saturated heterocycles. The van der Waals surface area contributed by atoms with Crippen LogP contribution in [0.5, 0.6) is 5.75 Å². The van der Waals surface area contributed by atoms with E-state index in [1.54, 1.807) is 22.7 Å². The monoisotopic (exact) mass is 480 g/mol. The minimum Gasteiger partial charge on any atom is -0.490 e. The number of rotatable bonds is 7. The molecule has 0 amide bonds. The number of sulfonamides is 1. The zero-order chi connectivity index (χ0) is 22.0. The number of benzene rings is 1. The number of methoxy groups -OCH3 is 1. The third-order valence-corrected chi connectivity index (χ3v) is 8.54. The van der Waals surface area contributed by atoms with Crippen molar-refractivity contribution in [1.82, 2.24) is 14.2 Å². The van der Waals surface area contributed by atoms with Crippen LogP contribution in [0.1, 0.15) is 5.69 Å². The van der Waals surface area contributed by atoms with Gasteiger partial charge in [-0.3, -0.25) is 15.0 Å². The molecule has 2 aromatic heterocycles. The highest BCUT2D eigenvalue weighted by molar-refractivity contribution is 7.89. The Bertz CT molecular complexity index is 1170. The standard InChI is InChI=1S/C19H20N4O5S3/c1-28-18-3-2-16(10-17(18)23(24)25)31(26,27)22-7-5-21(6-8-22)11-15-13-30-19(20-15)14-4-9-29-12-14/h2-4,9-10,12-13H,5-8,11H2,1H3. The lowest BCUT2D eigenvalue weighted by atomic mass is 10.3. The Balaban J connectivity index is 1.41. The fourth-order valence-electron chi connectivity index (χ4n) is 3.38. The van der Waals surface area contributed by atoms with Gasteiger partial charge in [0.25, 0.3) is 0 Å². The Labute approximate surface area is 187 Å². The van der Waals surface area contributed by atoms with Crippen molar-refractivity contribution in [2.75, 3.05) is 33.3 Å². The van der Waals surface area contributed by atoms with Crippen LogP contribution in [-0.2, 0) is 16.6 Å². The lowest BCUT2D eigenvalue weighted by Crippen LogP contribution is -2.48. The van der Waals surface area contributed by atoms with Crippen LogP contribution < -0.4 is 4.74 Å². The normalized spacial score (nSPS) is 15.8. The molecule has 3 heterocycles. The third-order valence-electron chi connectivity index (χ3n) is 5.02. The van der Waals surface area contributed by atoms with Crippen LogP contribution in [0.25, 0.3) is 10.6 Å². The van der Waals surface area contributed by atoms with E-state index in [0.29, 0.717) is 32.7 Å². The first-order valence-corrected chi connectivity index (χ1v) is 12.7. The largest absolute Gasteiger partial charge is 0.490 e. The topological polar surface area (TPSA) is 106 Å². The number of aromatic nitrogens is 1. The fourth-order valence-corrected chi connectivity index (χ4v) is 6.34. The summed E-state index contributed by atoms with van der Waals surface area (Å²) in [5.74, 6) is 0.0267. The van der Waals surface area contributed by atoms with Gasteiger partial charge in [0.1, 0.15) is 5.01 Å². The molecule has 1 aliphatic rings. The van der Waals surface area contributed by atoms with Gasteiger partial charge in [0.2, 0.25) is 10.0 Å². The summed E-state index contributed by atoms with van der Waals surface area (Å²) in [5, 5.41) is 18.3. The van der Waals surface area contributed by atoms with E-state index in [-0.39, 0.29) is 16.3 Å². The maximum Gasteiger partial charge on any atom is 0.312 e. The minimum atomic E-state index is -3.83. The number of ether oxygens (including phenoxy) is 1. The van der Waals surface area contributed by atoms with E-state index in [1.165, 1.54) is 23.5 Å². The number of nitro groups is 1. The Morgan fingerprint density at radius 3 is 2.61 bits per heavy atom. The van der Waals surface area contributed by atoms with Crippen LogP contribution in [0, 0.1) is 10.1 Å². The third kappa shape index (κ3) is 4.62. The van der Waals surface area contributed by atoms with E-state index >= 15 is 0 Å². The molecule has 0 N–H and O–H groups in total. The Morgan fingerprint density at radius 2 is 1.97 bits per heavy atom. The molecule has 12 heteroatoms. The Hall–Kier alpha value is -2.38. The molecule has 0 spiro atoms. The van der Waals surface area contributed by atoms with Crippen molar-refractivity contribution in [1.29, 1.82) is 0 Å². The van der Waals surface area contributed by atoms with Crippen LogP contribution in [-0.4, -0.2) is 60.8 Å². The highest BCUT2D eigenvalue weighted by Gasteiger charge is 2.30. The lowest BCUT2D eigenvalue weighted by molar-refractivity contribution is -0.386. The van der Waals surface area contributed by atoms with Crippen LogP contribution in [0.2, 0.25) is 0 Å². The van der Waals surface area contributed by atoms with Crippen molar-refractivity contribution in [3.8, 4) is 16.3 Å². The van der Waals surface area contributed by atoms with Crippen LogP contribution in [0.3, 0.4) is 0 Å².